The van der Waals surface area contributed by atoms with E-state index >= 15 is 4.39 Å². The topological polar surface area (TPSA) is 108 Å². The first-order valence-electron chi connectivity index (χ1n) is 12.6. The van der Waals surface area contributed by atoms with Crippen molar-refractivity contribution in [3.8, 4) is 11.5 Å². The molecule has 2 amide bonds. The zero-order valence-corrected chi connectivity index (χ0v) is 23.7. The van der Waals surface area contributed by atoms with Crippen LogP contribution >= 0.6 is 0 Å². The van der Waals surface area contributed by atoms with Crippen LogP contribution in [-0.2, 0) is 9.47 Å². The van der Waals surface area contributed by atoms with E-state index in [1.165, 1.54) is 19.1 Å². The summed E-state index contributed by atoms with van der Waals surface area (Å²) in [4.78, 5) is 52.8. The Kier molecular flexibility index (Phi) is 10.2. The zero-order chi connectivity index (χ0) is 29.5. The monoisotopic (exact) mass is 545 g/mol. The number of anilines is 1. The van der Waals surface area contributed by atoms with Gasteiger partial charge < -0.3 is 18.9 Å². The van der Waals surface area contributed by atoms with Gasteiger partial charge in [0.1, 0.15) is 34.0 Å². The molecule has 0 spiro atoms. The maximum atomic E-state index is 15.7. The van der Waals surface area contributed by atoms with E-state index in [0.29, 0.717) is 17.7 Å². The molecular formula is C29H36FNO8. The average Bonchev–Trinajstić information content (AvgIpc) is 2.80. The number of carbonyl (C=O) groups is 4. The fraction of sp³-hybridized carbons (Fsp3) is 0.448. The summed E-state index contributed by atoms with van der Waals surface area (Å²) in [6.07, 6.45) is -1.17. The highest BCUT2D eigenvalue weighted by Gasteiger charge is 2.40. The molecule has 9 nitrogen and oxygen atoms in total. The SMILES string of the molecule is CCCCOc1c(C(=O)Oc2ccccc2)c(C)c(F)c(C=O)c1N(C(=O)OC(C)(C)C)C(=O)OC(C)(C)C. The largest absolute Gasteiger partial charge is 0.490 e. The molecule has 0 aliphatic heterocycles. The fourth-order valence-electron chi connectivity index (χ4n) is 3.38. The molecular weight excluding hydrogens is 509 g/mol. The van der Waals surface area contributed by atoms with Crippen LogP contribution in [0.3, 0.4) is 0 Å². The van der Waals surface area contributed by atoms with Crippen molar-refractivity contribution in [2.45, 2.75) is 79.4 Å². The number of rotatable bonds is 8. The summed E-state index contributed by atoms with van der Waals surface area (Å²) in [7, 11) is 0. The molecule has 0 bridgehead atoms. The number of para-hydroxylation sites is 1. The third kappa shape index (κ3) is 8.27. The normalized spacial score (nSPS) is 11.4. The van der Waals surface area contributed by atoms with Gasteiger partial charge in [0.2, 0.25) is 0 Å². The number of hydrogen-bond acceptors (Lipinski definition) is 8. The maximum absolute atomic E-state index is 15.7. The second-order valence-corrected chi connectivity index (χ2v) is 10.7. The minimum Gasteiger partial charge on any atom is -0.490 e. The van der Waals surface area contributed by atoms with Crippen molar-refractivity contribution in [3.63, 3.8) is 0 Å². The molecule has 2 rings (SSSR count). The second-order valence-electron chi connectivity index (χ2n) is 10.7. The Hall–Kier alpha value is -3.95. The molecule has 0 aliphatic rings. The number of ether oxygens (including phenoxy) is 4. The van der Waals surface area contributed by atoms with Crippen molar-refractivity contribution >= 4 is 30.1 Å². The molecule has 0 unspecified atom stereocenters. The molecule has 2 aromatic rings. The van der Waals surface area contributed by atoms with Crippen LogP contribution in [0.25, 0.3) is 0 Å². The molecule has 0 saturated carbocycles. The summed E-state index contributed by atoms with van der Waals surface area (Å²) < 4.78 is 37.9. The highest BCUT2D eigenvalue weighted by atomic mass is 19.1. The number of esters is 1. The van der Waals surface area contributed by atoms with Gasteiger partial charge in [-0.3, -0.25) is 4.79 Å². The lowest BCUT2D eigenvalue weighted by Gasteiger charge is -2.31. The van der Waals surface area contributed by atoms with Crippen LogP contribution in [0.4, 0.5) is 19.7 Å². The number of unbranched alkanes of at least 4 members (excludes halogenated alkanes) is 1. The molecule has 0 aromatic heterocycles. The van der Waals surface area contributed by atoms with E-state index in [1.54, 1.807) is 59.7 Å². The molecule has 39 heavy (non-hydrogen) atoms. The summed E-state index contributed by atoms with van der Waals surface area (Å²) in [5.41, 5.74) is -4.13. The van der Waals surface area contributed by atoms with Gasteiger partial charge in [-0.05, 0) is 67.0 Å². The molecule has 0 fully saturated rings. The Labute approximate surface area is 228 Å². The Morgan fingerprint density at radius 2 is 1.49 bits per heavy atom. The third-order valence-electron chi connectivity index (χ3n) is 5.03. The van der Waals surface area contributed by atoms with Gasteiger partial charge in [-0.25, -0.2) is 18.8 Å². The summed E-state index contributed by atoms with van der Waals surface area (Å²) in [6.45, 7) is 12.6. The van der Waals surface area contributed by atoms with E-state index in [9.17, 15) is 19.2 Å². The van der Waals surface area contributed by atoms with Crippen LogP contribution in [0.5, 0.6) is 11.5 Å². The second kappa shape index (κ2) is 12.7. The predicted molar refractivity (Wildman–Crippen MR) is 143 cm³/mol. The fourth-order valence-corrected chi connectivity index (χ4v) is 3.38. The number of halogens is 1. The van der Waals surface area contributed by atoms with Gasteiger partial charge in [0.05, 0.1) is 12.2 Å². The van der Waals surface area contributed by atoms with E-state index in [4.69, 9.17) is 18.9 Å². The minimum atomic E-state index is -1.26. The quantitative estimate of drug-likeness (QED) is 0.151. The Morgan fingerprint density at radius 1 is 0.949 bits per heavy atom. The van der Waals surface area contributed by atoms with E-state index in [1.807, 2.05) is 6.92 Å². The number of nitrogens with zero attached hydrogens (tertiary/aromatic N) is 1. The molecule has 212 valence electrons. The average molecular weight is 546 g/mol. The van der Waals surface area contributed by atoms with Crippen LogP contribution in [-0.4, -0.2) is 42.3 Å². The number of aldehydes is 1. The lowest BCUT2D eigenvalue weighted by molar-refractivity contribution is 0.0427. The lowest BCUT2D eigenvalue weighted by atomic mass is 9.99. The maximum Gasteiger partial charge on any atom is 0.424 e. The first-order chi connectivity index (χ1) is 18.1. The van der Waals surface area contributed by atoms with Crippen molar-refractivity contribution in [2.24, 2.45) is 0 Å². The molecule has 0 aliphatic carbocycles. The van der Waals surface area contributed by atoms with Gasteiger partial charge >= 0.3 is 18.2 Å². The molecule has 0 saturated heterocycles. The molecule has 10 heteroatoms. The lowest BCUT2D eigenvalue weighted by Crippen LogP contribution is -2.44. The highest BCUT2D eigenvalue weighted by Crippen LogP contribution is 2.41. The molecule has 0 heterocycles. The number of hydrogen-bond donors (Lipinski definition) is 0. The Balaban J connectivity index is 2.92. The van der Waals surface area contributed by atoms with E-state index in [0.717, 1.165) is 0 Å². The zero-order valence-electron chi connectivity index (χ0n) is 23.7. The van der Waals surface area contributed by atoms with Crippen LogP contribution in [0, 0.1) is 12.7 Å². The molecule has 0 atom stereocenters. The Bertz CT molecular complexity index is 1180. The van der Waals surface area contributed by atoms with Gasteiger partial charge in [-0.2, -0.15) is 4.90 Å². The first-order valence-corrected chi connectivity index (χ1v) is 12.6. The minimum absolute atomic E-state index is 0.0228. The van der Waals surface area contributed by atoms with E-state index in [-0.39, 0.29) is 30.0 Å². The van der Waals surface area contributed by atoms with Crippen molar-refractivity contribution in [1.29, 1.82) is 0 Å². The summed E-state index contributed by atoms with van der Waals surface area (Å²) >= 11 is 0. The molecule has 0 N–H and O–H groups in total. The summed E-state index contributed by atoms with van der Waals surface area (Å²) in [5, 5.41) is 0. The summed E-state index contributed by atoms with van der Waals surface area (Å²) in [5.74, 6) is -2.38. The number of amides is 2. The highest BCUT2D eigenvalue weighted by molar-refractivity contribution is 6.15. The van der Waals surface area contributed by atoms with Crippen LogP contribution in [0.1, 0.15) is 87.6 Å². The number of benzene rings is 2. The van der Waals surface area contributed by atoms with Crippen molar-refractivity contribution in [3.05, 3.63) is 52.8 Å². The van der Waals surface area contributed by atoms with Crippen LogP contribution < -0.4 is 14.4 Å². The standard InChI is InChI=1S/C29H36FNO8/c1-9-10-16-36-24-21(25(33)37-19-14-12-11-13-15-19)18(2)22(30)20(17-32)23(24)31(26(34)38-28(3,4)5)27(35)39-29(6,7)8/h11-15,17H,9-10,16H2,1-8H3. The van der Waals surface area contributed by atoms with E-state index in [2.05, 4.69) is 0 Å². The third-order valence-corrected chi connectivity index (χ3v) is 5.03. The van der Waals surface area contributed by atoms with Crippen LogP contribution in [0.15, 0.2) is 30.3 Å². The number of carbonyl (C=O) groups excluding carboxylic acids is 4. The molecule has 2 aromatic carbocycles. The smallest absolute Gasteiger partial charge is 0.424 e. The van der Waals surface area contributed by atoms with E-state index < -0.39 is 52.0 Å². The Morgan fingerprint density at radius 3 is 1.95 bits per heavy atom. The van der Waals surface area contributed by atoms with Gasteiger partial charge in [0.15, 0.2) is 12.0 Å². The van der Waals surface area contributed by atoms with Crippen molar-refractivity contribution in [2.75, 3.05) is 11.5 Å². The number of imide groups is 1. The van der Waals surface area contributed by atoms with Gasteiger partial charge in [-0.1, -0.05) is 31.5 Å². The molecule has 0 radical (unpaired) electrons. The van der Waals surface area contributed by atoms with Crippen LogP contribution in [0.2, 0.25) is 0 Å². The van der Waals surface area contributed by atoms with Crippen molar-refractivity contribution < 1.29 is 42.5 Å². The predicted octanol–water partition coefficient (Wildman–Crippen LogP) is 7.02. The van der Waals surface area contributed by atoms with Gasteiger partial charge in [0, 0.05) is 5.56 Å². The first kappa shape index (κ1) is 31.3. The summed E-state index contributed by atoms with van der Waals surface area (Å²) in [6, 6.07) is 8.05. The van der Waals surface area contributed by atoms with Gasteiger partial charge in [0.25, 0.3) is 0 Å². The van der Waals surface area contributed by atoms with Gasteiger partial charge in [-0.15, -0.1) is 0 Å². The van der Waals surface area contributed by atoms with Crippen molar-refractivity contribution in [1.82, 2.24) is 0 Å².